The molecular weight excluding hydrogens is 408 g/mol. The number of terminal acetylenes is 1. The van der Waals surface area contributed by atoms with Gasteiger partial charge in [-0.2, -0.15) is 0 Å². The summed E-state index contributed by atoms with van der Waals surface area (Å²) in [5, 5.41) is 0.663. The highest BCUT2D eigenvalue weighted by Crippen LogP contribution is 2.33. The van der Waals surface area contributed by atoms with Gasteiger partial charge in [0.15, 0.2) is 6.10 Å². The fourth-order valence-corrected chi connectivity index (χ4v) is 3.75. The number of hydrogen-bond acceptors (Lipinski definition) is 3. The quantitative estimate of drug-likeness (QED) is 0.302. The maximum absolute atomic E-state index is 13.2. The van der Waals surface area contributed by atoms with E-state index in [2.05, 4.69) is 19.8 Å². The van der Waals surface area contributed by atoms with Crippen LogP contribution in [0.25, 0.3) is 0 Å². The molecule has 3 nitrogen and oxygen atoms in total. The predicted molar refractivity (Wildman–Crippen MR) is 127 cm³/mol. The van der Waals surface area contributed by atoms with Gasteiger partial charge in [-0.05, 0) is 48.9 Å². The van der Waals surface area contributed by atoms with E-state index < -0.39 is 6.10 Å². The Hall–Kier alpha value is -2.70. The summed E-state index contributed by atoms with van der Waals surface area (Å²) in [4.78, 5) is 13.2. The zero-order chi connectivity index (χ0) is 23.0. The minimum absolute atomic E-state index is 0.0452. The van der Waals surface area contributed by atoms with Crippen molar-refractivity contribution in [1.82, 2.24) is 0 Å². The SMILES string of the molecule is C#CC(OC(=O)C(C(C)C)C(C=C(C)Cl)C(C)C)c1cccc(Oc2ccccc2)c1. The lowest BCUT2D eigenvalue weighted by Crippen LogP contribution is -2.33. The largest absolute Gasteiger partial charge is 0.457 e. The third kappa shape index (κ3) is 7.19. The van der Waals surface area contributed by atoms with E-state index in [1.54, 1.807) is 6.07 Å². The number of allylic oxidation sites excluding steroid dienone is 2. The summed E-state index contributed by atoms with van der Waals surface area (Å²) in [6.45, 7) is 10.00. The molecule has 0 heterocycles. The lowest BCUT2D eigenvalue weighted by atomic mass is 9.77. The molecule has 0 N–H and O–H groups in total. The van der Waals surface area contributed by atoms with Crippen LogP contribution in [0.3, 0.4) is 0 Å². The van der Waals surface area contributed by atoms with Crippen LogP contribution in [-0.4, -0.2) is 5.97 Å². The van der Waals surface area contributed by atoms with Gasteiger partial charge in [0.25, 0.3) is 0 Å². The van der Waals surface area contributed by atoms with Gasteiger partial charge in [-0.1, -0.05) is 81.6 Å². The van der Waals surface area contributed by atoms with Crippen LogP contribution >= 0.6 is 11.6 Å². The molecule has 2 aromatic rings. The summed E-state index contributed by atoms with van der Waals surface area (Å²) in [5.74, 6) is 3.52. The Labute approximate surface area is 191 Å². The molecule has 0 aromatic heterocycles. The smallest absolute Gasteiger partial charge is 0.311 e. The maximum Gasteiger partial charge on any atom is 0.311 e. The Bertz CT molecular complexity index is 921. The monoisotopic (exact) mass is 438 g/mol. The average molecular weight is 439 g/mol. The topological polar surface area (TPSA) is 35.5 Å². The highest BCUT2D eigenvalue weighted by Gasteiger charge is 2.34. The van der Waals surface area contributed by atoms with Crippen LogP contribution in [-0.2, 0) is 9.53 Å². The highest BCUT2D eigenvalue weighted by molar-refractivity contribution is 6.29. The Balaban J connectivity index is 2.24. The van der Waals surface area contributed by atoms with Gasteiger partial charge >= 0.3 is 5.97 Å². The first kappa shape index (κ1) is 24.6. The molecule has 0 spiro atoms. The van der Waals surface area contributed by atoms with E-state index in [0.717, 1.165) is 5.75 Å². The predicted octanol–water partition coefficient (Wildman–Crippen LogP) is 7.38. The number of halogens is 1. The van der Waals surface area contributed by atoms with Crippen LogP contribution in [0.2, 0.25) is 0 Å². The third-order valence-electron chi connectivity index (χ3n) is 5.12. The zero-order valence-corrected chi connectivity index (χ0v) is 19.6. The molecule has 3 unspecified atom stereocenters. The molecule has 0 saturated heterocycles. The van der Waals surface area contributed by atoms with Crippen LogP contribution in [0.15, 0.2) is 65.7 Å². The minimum Gasteiger partial charge on any atom is -0.457 e. The molecule has 3 atom stereocenters. The Kier molecular flexibility index (Phi) is 9.21. The highest BCUT2D eigenvalue weighted by atomic mass is 35.5. The lowest BCUT2D eigenvalue weighted by molar-refractivity contribution is -0.155. The van der Waals surface area contributed by atoms with Gasteiger partial charge in [0.05, 0.1) is 5.92 Å². The van der Waals surface area contributed by atoms with Crippen molar-refractivity contribution in [2.75, 3.05) is 0 Å². The van der Waals surface area contributed by atoms with Crippen LogP contribution in [0.4, 0.5) is 0 Å². The summed E-state index contributed by atoms with van der Waals surface area (Å²) in [6, 6.07) is 16.8. The van der Waals surface area contributed by atoms with Crippen molar-refractivity contribution in [1.29, 1.82) is 0 Å². The van der Waals surface area contributed by atoms with Crippen LogP contribution < -0.4 is 4.74 Å². The maximum atomic E-state index is 13.2. The number of benzene rings is 2. The van der Waals surface area contributed by atoms with Crippen LogP contribution in [0, 0.1) is 36.0 Å². The summed E-state index contributed by atoms with van der Waals surface area (Å²) in [6.07, 6.45) is 6.89. The second-order valence-corrected chi connectivity index (χ2v) is 8.91. The summed E-state index contributed by atoms with van der Waals surface area (Å²) >= 11 is 6.15. The second kappa shape index (κ2) is 11.6. The Morgan fingerprint density at radius 3 is 2.19 bits per heavy atom. The number of rotatable bonds is 9. The fourth-order valence-electron chi connectivity index (χ4n) is 3.61. The Morgan fingerprint density at radius 2 is 1.65 bits per heavy atom. The molecule has 0 aliphatic carbocycles. The first-order valence-electron chi connectivity index (χ1n) is 10.6. The molecule has 31 heavy (non-hydrogen) atoms. The van der Waals surface area contributed by atoms with Crippen molar-refractivity contribution in [3.63, 3.8) is 0 Å². The standard InChI is InChI=1S/C27H31ClO3/c1-7-25(21-12-11-15-23(17-21)30-22-13-9-8-10-14-22)31-27(29)26(19(4)5)24(18(2)3)16-20(6)28/h1,8-19,24-26H,2-6H3. The van der Waals surface area contributed by atoms with Gasteiger partial charge in [0.2, 0.25) is 0 Å². The van der Waals surface area contributed by atoms with Gasteiger partial charge in [-0.15, -0.1) is 6.42 Å². The average Bonchev–Trinajstić information content (AvgIpc) is 2.71. The fraction of sp³-hybridized carbons (Fsp3) is 0.370. The van der Waals surface area contributed by atoms with Crippen molar-refractivity contribution in [3.8, 4) is 23.8 Å². The van der Waals surface area contributed by atoms with Gasteiger partial charge in [0, 0.05) is 10.6 Å². The van der Waals surface area contributed by atoms with E-state index >= 15 is 0 Å². The number of hydrogen-bond donors (Lipinski definition) is 0. The van der Waals surface area contributed by atoms with Crippen molar-refractivity contribution in [3.05, 3.63) is 71.3 Å². The summed E-state index contributed by atoms with van der Waals surface area (Å²) in [5.41, 5.74) is 0.692. The van der Waals surface area contributed by atoms with E-state index in [1.165, 1.54) is 0 Å². The minimum atomic E-state index is -0.804. The molecule has 164 valence electrons. The van der Waals surface area contributed by atoms with E-state index in [-0.39, 0.29) is 29.6 Å². The molecule has 0 aliphatic heterocycles. The number of carbonyl (C=O) groups excluding carboxylic acids is 1. The van der Waals surface area contributed by atoms with Crippen molar-refractivity contribution < 1.29 is 14.3 Å². The summed E-state index contributed by atoms with van der Waals surface area (Å²) in [7, 11) is 0. The number of para-hydroxylation sites is 1. The molecule has 0 amide bonds. The normalized spacial score (nSPS) is 14.6. The van der Waals surface area contributed by atoms with Gasteiger partial charge in [0.1, 0.15) is 11.5 Å². The van der Waals surface area contributed by atoms with Crippen molar-refractivity contribution in [2.24, 2.45) is 23.7 Å². The van der Waals surface area contributed by atoms with E-state index in [0.29, 0.717) is 16.3 Å². The van der Waals surface area contributed by atoms with Crippen molar-refractivity contribution in [2.45, 2.75) is 40.7 Å². The molecule has 0 radical (unpaired) electrons. The van der Waals surface area contributed by atoms with Gasteiger partial charge in [-0.25, -0.2) is 0 Å². The number of esters is 1. The number of carbonyl (C=O) groups is 1. The molecule has 2 rings (SSSR count). The van der Waals surface area contributed by atoms with Gasteiger partial charge in [-0.3, -0.25) is 4.79 Å². The van der Waals surface area contributed by atoms with E-state index in [9.17, 15) is 4.79 Å². The molecule has 0 fully saturated rings. The molecule has 0 aliphatic rings. The summed E-state index contributed by atoms with van der Waals surface area (Å²) < 4.78 is 11.7. The molecular formula is C27H31ClO3. The molecule has 0 bridgehead atoms. The first-order chi connectivity index (χ1) is 14.7. The molecule has 4 heteroatoms. The van der Waals surface area contributed by atoms with Gasteiger partial charge < -0.3 is 9.47 Å². The van der Waals surface area contributed by atoms with E-state index in [1.807, 2.05) is 75.4 Å². The van der Waals surface area contributed by atoms with Crippen LogP contribution in [0.5, 0.6) is 11.5 Å². The zero-order valence-electron chi connectivity index (χ0n) is 18.8. The van der Waals surface area contributed by atoms with Crippen LogP contribution in [0.1, 0.15) is 46.3 Å². The number of ether oxygens (including phenoxy) is 2. The first-order valence-corrected chi connectivity index (χ1v) is 10.9. The molecule has 0 saturated carbocycles. The Morgan fingerprint density at radius 1 is 1.00 bits per heavy atom. The lowest BCUT2D eigenvalue weighted by Gasteiger charge is -2.30. The molecule has 2 aromatic carbocycles. The van der Waals surface area contributed by atoms with E-state index in [4.69, 9.17) is 27.5 Å². The second-order valence-electron chi connectivity index (χ2n) is 8.32. The van der Waals surface area contributed by atoms with Crippen molar-refractivity contribution >= 4 is 17.6 Å². The third-order valence-corrected chi connectivity index (χ3v) is 5.25.